The largest absolute Gasteiger partial charge is 0.460 e. The van der Waals surface area contributed by atoms with Gasteiger partial charge in [0.25, 0.3) is 0 Å². The minimum Gasteiger partial charge on any atom is -0.460 e. The Balaban J connectivity index is 4.73. The van der Waals surface area contributed by atoms with Crippen LogP contribution in [0.2, 0.25) is 18.1 Å². The zero-order chi connectivity index (χ0) is 20.1. The maximum Gasteiger partial charge on any atom is 0.313 e. The number of rotatable bonds is 9. The molecule has 0 N–H and O–H groups in total. The highest BCUT2D eigenvalue weighted by Gasteiger charge is 2.37. The minimum atomic E-state index is -1.84. The van der Waals surface area contributed by atoms with Gasteiger partial charge in [0.15, 0.2) is 8.32 Å². The Morgan fingerprint density at radius 2 is 1.52 bits per heavy atom. The van der Waals surface area contributed by atoms with E-state index in [0.717, 1.165) is 6.42 Å². The molecule has 1 atom stereocenters. The van der Waals surface area contributed by atoms with Crippen molar-refractivity contribution in [2.75, 3.05) is 6.61 Å². The van der Waals surface area contributed by atoms with E-state index >= 15 is 0 Å². The second-order valence-corrected chi connectivity index (χ2v) is 14.9. The second-order valence-electron chi connectivity index (χ2n) is 10.1. The van der Waals surface area contributed by atoms with Crippen LogP contribution in [0.5, 0.6) is 0 Å². The Hall–Kier alpha value is -0.683. The summed E-state index contributed by atoms with van der Waals surface area (Å²) in [5.41, 5.74) is -0.555. The molecule has 0 fully saturated rings. The normalized spacial score (nSPS) is 14.5. The van der Waals surface area contributed by atoms with Gasteiger partial charge in [-0.05, 0) is 57.2 Å². The first-order chi connectivity index (χ1) is 11.0. The molecule has 0 saturated carbocycles. The van der Waals surface area contributed by atoms with E-state index in [1.165, 1.54) is 0 Å². The summed E-state index contributed by atoms with van der Waals surface area (Å²) in [5.74, 6) is 0.149. The molecule has 0 aliphatic rings. The number of esters is 1. The summed E-state index contributed by atoms with van der Waals surface area (Å²) in [6, 6.07) is 0. The number of hydrogen-bond acceptors (Lipinski definition) is 4. The third kappa shape index (κ3) is 10.8. The molecule has 0 aliphatic heterocycles. The smallest absolute Gasteiger partial charge is 0.313 e. The monoisotopic (exact) mass is 372 g/mol. The molecule has 0 aromatic heterocycles. The van der Waals surface area contributed by atoms with E-state index in [-0.39, 0.29) is 23.2 Å². The average molecular weight is 373 g/mol. The summed E-state index contributed by atoms with van der Waals surface area (Å²) < 4.78 is 11.6. The molecule has 0 aliphatic carbocycles. The Morgan fingerprint density at radius 1 is 1.00 bits per heavy atom. The zero-order valence-electron chi connectivity index (χ0n) is 18.1. The van der Waals surface area contributed by atoms with E-state index in [0.29, 0.717) is 18.9 Å². The first kappa shape index (κ1) is 24.3. The molecule has 0 bridgehead atoms. The highest BCUT2D eigenvalue weighted by Crippen LogP contribution is 2.37. The Labute approximate surface area is 156 Å². The summed E-state index contributed by atoms with van der Waals surface area (Å²) in [6.07, 6.45) is 1.16. The van der Waals surface area contributed by atoms with Crippen molar-refractivity contribution < 1.29 is 18.8 Å². The van der Waals surface area contributed by atoms with Crippen molar-refractivity contribution in [1.29, 1.82) is 0 Å². The quantitative estimate of drug-likeness (QED) is 0.310. The highest BCUT2D eigenvalue weighted by molar-refractivity contribution is 6.74. The van der Waals surface area contributed by atoms with Crippen molar-refractivity contribution in [2.24, 2.45) is 11.8 Å². The number of carbonyl (C=O) groups excluding carboxylic acids is 2. The fraction of sp³-hybridized carbons (Fsp3) is 0.900. The fourth-order valence-electron chi connectivity index (χ4n) is 2.35. The molecule has 5 heteroatoms. The Bertz CT molecular complexity index is 442. The van der Waals surface area contributed by atoms with E-state index in [9.17, 15) is 9.59 Å². The lowest BCUT2D eigenvalue weighted by Crippen LogP contribution is -2.42. The van der Waals surface area contributed by atoms with Gasteiger partial charge in [0.1, 0.15) is 17.8 Å². The van der Waals surface area contributed by atoms with E-state index in [4.69, 9.17) is 9.16 Å². The molecule has 0 spiro atoms. The van der Waals surface area contributed by atoms with Crippen LogP contribution < -0.4 is 0 Å². The Kier molecular flexibility index (Phi) is 9.06. The predicted octanol–water partition coefficient (Wildman–Crippen LogP) is 5.36. The van der Waals surface area contributed by atoms with Crippen molar-refractivity contribution in [3.63, 3.8) is 0 Å². The van der Waals surface area contributed by atoms with E-state index in [1.54, 1.807) is 0 Å². The molecule has 148 valence electrons. The number of carbonyl (C=O) groups is 2. The molecule has 1 unspecified atom stereocenters. The molecule has 0 aromatic rings. The van der Waals surface area contributed by atoms with Crippen LogP contribution in [0, 0.1) is 11.8 Å². The van der Waals surface area contributed by atoms with Gasteiger partial charge in [-0.3, -0.25) is 9.59 Å². The average Bonchev–Trinajstić information content (AvgIpc) is 2.31. The third-order valence-corrected chi connectivity index (χ3v) is 9.07. The SMILES string of the molecule is CC(C)CC(CO[Si](C)(C)C(C)(C)C)CC(=O)CC(=O)OC(C)(C)C. The summed E-state index contributed by atoms with van der Waals surface area (Å²) in [4.78, 5) is 24.2. The number of ether oxygens (including phenoxy) is 1. The molecule has 25 heavy (non-hydrogen) atoms. The van der Waals surface area contributed by atoms with Crippen LogP contribution >= 0.6 is 0 Å². The Morgan fingerprint density at radius 3 is 1.92 bits per heavy atom. The van der Waals surface area contributed by atoms with Crippen LogP contribution in [0.4, 0.5) is 0 Å². The number of hydrogen-bond donors (Lipinski definition) is 0. The molecule has 0 rings (SSSR count). The summed E-state index contributed by atoms with van der Waals surface area (Å²) in [5, 5.41) is 0.149. The second kappa shape index (κ2) is 9.31. The lowest BCUT2D eigenvalue weighted by molar-refractivity contribution is -0.156. The standard InChI is InChI=1S/C20H40O4Si/c1-15(2)11-16(14-23-25(9,10)20(6,7)8)12-17(21)13-18(22)24-19(3,4)5/h15-16H,11-14H2,1-10H3. The van der Waals surface area contributed by atoms with Gasteiger partial charge in [-0.15, -0.1) is 0 Å². The first-order valence-electron chi connectivity index (χ1n) is 9.41. The lowest BCUT2D eigenvalue weighted by Gasteiger charge is -2.37. The highest BCUT2D eigenvalue weighted by atomic mass is 28.4. The first-order valence-corrected chi connectivity index (χ1v) is 12.3. The van der Waals surface area contributed by atoms with Crippen LogP contribution in [0.1, 0.15) is 74.7 Å². The van der Waals surface area contributed by atoms with Crippen LogP contribution in [0.25, 0.3) is 0 Å². The van der Waals surface area contributed by atoms with Crippen LogP contribution in [0.15, 0.2) is 0 Å². The van der Waals surface area contributed by atoms with Gasteiger partial charge in [0, 0.05) is 13.0 Å². The minimum absolute atomic E-state index is 0.0567. The molecule has 0 amide bonds. The predicted molar refractivity (Wildman–Crippen MR) is 106 cm³/mol. The van der Waals surface area contributed by atoms with Gasteiger partial charge in [0.05, 0.1) is 0 Å². The molecule has 0 heterocycles. The van der Waals surface area contributed by atoms with Crippen molar-refractivity contribution in [2.45, 2.75) is 98.4 Å². The number of Topliss-reactive ketones (excluding diaryl/α,β-unsaturated/α-hetero) is 1. The topological polar surface area (TPSA) is 52.6 Å². The van der Waals surface area contributed by atoms with Gasteiger partial charge in [-0.2, -0.15) is 0 Å². The molecule has 0 radical (unpaired) electrons. The lowest BCUT2D eigenvalue weighted by atomic mass is 9.92. The van der Waals surface area contributed by atoms with Gasteiger partial charge in [0.2, 0.25) is 0 Å². The van der Waals surface area contributed by atoms with Crippen molar-refractivity contribution >= 4 is 20.1 Å². The van der Waals surface area contributed by atoms with E-state index < -0.39 is 19.9 Å². The summed E-state index contributed by atoms with van der Waals surface area (Å²) >= 11 is 0. The molecule has 4 nitrogen and oxygen atoms in total. The van der Waals surface area contributed by atoms with Crippen molar-refractivity contribution in [3.8, 4) is 0 Å². The van der Waals surface area contributed by atoms with Crippen LogP contribution in [0.3, 0.4) is 0 Å². The molecular weight excluding hydrogens is 332 g/mol. The zero-order valence-corrected chi connectivity index (χ0v) is 19.1. The maximum atomic E-state index is 12.3. The van der Waals surface area contributed by atoms with Gasteiger partial charge in [-0.25, -0.2) is 0 Å². The van der Waals surface area contributed by atoms with Gasteiger partial charge >= 0.3 is 5.97 Å². The van der Waals surface area contributed by atoms with Crippen LogP contribution in [-0.2, 0) is 18.8 Å². The van der Waals surface area contributed by atoms with E-state index in [1.807, 2.05) is 20.8 Å². The third-order valence-electron chi connectivity index (χ3n) is 4.57. The summed E-state index contributed by atoms with van der Waals surface area (Å²) in [6.45, 7) is 21.4. The number of ketones is 1. The molecule has 0 saturated heterocycles. The molecule has 0 aromatic carbocycles. The molecular formula is C20H40O4Si. The van der Waals surface area contributed by atoms with Gasteiger partial charge in [-0.1, -0.05) is 34.6 Å². The van der Waals surface area contributed by atoms with E-state index in [2.05, 4.69) is 47.7 Å². The van der Waals surface area contributed by atoms with Crippen molar-refractivity contribution in [1.82, 2.24) is 0 Å². The fourth-order valence-corrected chi connectivity index (χ4v) is 3.44. The van der Waals surface area contributed by atoms with Crippen molar-refractivity contribution in [3.05, 3.63) is 0 Å². The van der Waals surface area contributed by atoms with Crippen LogP contribution in [-0.4, -0.2) is 32.3 Å². The summed E-state index contributed by atoms with van der Waals surface area (Å²) in [7, 11) is -1.84. The maximum absolute atomic E-state index is 12.3. The van der Waals surface area contributed by atoms with Gasteiger partial charge < -0.3 is 9.16 Å².